The molecule has 0 bridgehead atoms. The number of hydrogen-bond donors (Lipinski definition) is 1. The van der Waals surface area contributed by atoms with Gasteiger partial charge in [0.15, 0.2) is 0 Å². The Labute approximate surface area is 188 Å². The second kappa shape index (κ2) is 8.24. The van der Waals surface area contributed by atoms with Crippen molar-refractivity contribution in [3.8, 4) is 5.75 Å². The lowest BCUT2D eigenvalue weighted by Crippen LogP contribution is -2.29. The quantitative estimate of drug-likeness (QED) is 0.351. The summed E-state index contributed by atoms with van der Waals surface area (Å²) in [7, 11) is 1.65. The molecule has 0 spiro atoms. The zero-order valence-electron chi connectivity index (χ0n) is 17.7. The van der Waals surface area contributed by atoms with Crippen molar-refractivity contribution in [3.05, 3.63) is 100 Å². The number of methoxy groups -OCH3 is 1. The molecule has 1 heterocycles. The second-order valence-corrected chi connectivity index (χ2v) is 8.74. The number of rotatable bonds is 4. The second-order valence-electron chi connectivity index (χ2n) is 8.30. The molecule has 0 unspecified atom stereocenters. The fourth-order valence-corrected chi connectivity index (χ4v) is 4.94. The smallest absolute Gasteiger partial charge is 0.127 e. The number of nitrogens with zero attached hydrogens (tertiary/aromatic N) is 1. The van der Waals surface area contributed by atoms with Crippen LogP contribution in [0.4, 0.5) is 11.4 Å². The zero-order valence-corrected chi connectivity index (χ0v) is 18.4. The van der Waals surface area contributed by atoms with Gasteiger partial charge in [-0.3, -0.25) is 4.99 Å². The maximum Gasteiger partial charge on any atom is 0.127 e. The van der Waals surface area contributed by atoms with Gasteiger partial charge in [0.25, 0.3) is 0 Å². The Bertz CT molecular complexity index is 1170. The number of nitrogens with one attached hydrogen (secondary N) is 1. The highest BCUT2D eigenvalue weighted by Gasteiger charge is 2.37. The van der Waals surface area contributed by atoms with Crippen LogP contribution in [0.1, 0.15) is 40.6 Å². The number of halogens is 1. The topological polar surface area (TPSA) is 33.6 Å². The highest BCUT2D eigenvalue weighted by molar-refractivity contribution is 6.30. The zero-order chi connectivity index (χ0) is 21.4. The first-order chi connectivity index (χ1) is 15.1. The molecule has 0 aromatic heterocycles. The van der Waals surface area contributed by atoms with Gasteiger partial charge in [-0.15, -0.1) is 0 Å². The third-order valence-electron chi connectivity index (χ3n) is 6.31. The molecule has 5 rings (SSSR count). The molecule has 4 heteroatoms. The largest absolute Gasteiger partial charge is 0.496 e. The van der Waals surface area contributed by atoms with Gasteiger partial charge >= 0.3 is 0 Å². The number of allylic oxidation sites excluding steroid dienone is 2. The summed E-state index contributed by atoms with van der Waals surface area (Å²) >= 11 is 6.12. The minimum absolute atomic E-state index is 0.293. The van der Waals surface area contributed by atoms with Gasteiger partial charge in [-0.05, 0) is 66.8 Å². The predicted octanol–water partition coefficient (Wildman–Crippen LogP) is 7.23. The normalized spacial score (nSPS) is 21.6. The van der Waals surface area contributed by atoms with E-state index in [1.165, 1.54) is 22.4 Å². The molecular weight excluding hydrogens is 404 g/mol. The van der Waals surface area contributed by atoms with Crippen molar-refractivity contribution in [1.29, 1.82) is 0 Å². The fourth-order valence-electron chi connectivity index (χ4n) is 4.76. The minimum atomic E-state index is 0.293. The molecule has 156 valence electrons. The van der Waals surface area contributed by atoms with Crippen LogP contribution in [0.3, 0.4) is 0 Å². The minimum Gasteiger partial charge on any atom is -0.496 e. The van der Waals surface area contributed by atoms with E-state index in [0.717, 1.165) is 23.4 Å². The summed E-state index contributed by atoms with van der Waals surface area (Å²) in [4.78, 5) is 4.63. The van der Waals surface area contributed by atoms with Gasteiger partial charge in [-0.25, -0.2) is 0 Å². The van der Waals surface area contributed by atoms with Gasteiger partial charge in [0.1, 0.15) is 5.75 Å². The highest BCUT2D eigenvalue weighted by Crippen LogP contribution is 2.50. The summed E-state index contributed by atoms with van der Waals surface area (Å²) < 4.78 is 5.40. The van der Waals surface area contributed by atoms with E-state index in [0.29, 0.717) is 22.9 Å². The number of aliphatic imine (C=N–C) groups is 1. The Kier molecular flexibility index (Phi) is 5.29. The number of aryl methyl sites for hydroxylation is 1. The van der Waals surface area contributed by atoms with Crippen LogP contribution in [0, 0.1) is 12.8 Å². The van der Waals surface area contributed by atoms with E-state index in [1.807, 2.05) is 18.2 Å². The first kappa shape index (κ1) is 19.9. The van der Waals surface area contributed by atoms with Gasteiger partial charge in [-0.1, -0.05) is 53.6 Å². The van der Waals surface area contributed by atoms with Gasteiger partial charge in [0, 0.05) is 28.4 Å². The average Bonchev–Trinajstić information content (AvgIpc) is 3.28. The molecule has 0 radical (unpaired) electrons. The Hall–Kier alpha value is -3.04. The van der Waals surface area contributed by atoms with Gasteiger partial charge < -0.3 is 10.1 Å². The Morgan fingerprint density at radius 1 is 1.06 bits per heavy atom. The summed E-state index contributed by atoms with van der Waals surface area (Å²) in [5.41, 5.74) is 7.05. The van der Waals surface area contributed by atoms with Crippen LogP contribution in [-0.4, -0.2) is 13.3 Å². The van der Waals surface area contributed by atoms with Gasteiger partial charge in [-0.2, -0.15) is 0 Å². The lowest BCUT2D eigenvalue weighted by Gasteiger charge is -2.37. The molecular formula is C27H25ClN2O. The number of fused-ring (bicyclic) bond motifs is 3. The van der Waals surface area contributed by atoms with Gasteiger partial charge in [0.05, 0.1) is 18.8 Å². The molecule has 3 atom stereocenters. The molecule has 0 saturated carbocycles. The van der Waals surface area contributed by atoms with Crippen LogP contribution < -0.4 is 10.1 Å². The first-order valence-electron chi connectivity index (χ1n) is 10.6. The number of hydrogen-bond acceptors (Lipinski definition) is 3. The van der Waals surface area contributed by atoms with Crippen molar-refractivity contribution in [2.45, 2.75) is 25.3 Å². The molecule has 0 saturated heterocycles. The van der Waals surface area contributed by atoms with E-state index in [-0.39, 0.29) is 0 Å². The summed E-state index contributed by atoms with van der Waals surface area (Å²) in [5.74, 6) is 1.78. The predicted molar refractivity (Wildman–Crippen MR) is 129 cm³/mol. The number of anilines is 1. The lowest BCUT2D eigenvalue weighted by molar-refractivity contribution is 0.414. The standard InChI is InChI=1S/C27H25ClN2O/c1-17-6-12-25-24(14-17)22-4-3-5-23(22)27(30-25)18-7-10-21(11-8-18)29-16-19-15-20(28)9-13-26(19)31-2/h3-4,6-16,22-23,27,30H,5H2,1-2H3/t22-,23-,27+/m1/s1. The van der Waals surface area contributed by atoms with Crippen LogP contribution in [0.15, 0.2) is 77.8 Å². The van der Waals surface area contributed by atoms with Crippen molar-refractivity contribution in [3.63, 3.8) is 0 Å². The molecule has 3 aromatic carbocycles. The van der Waals surface area contributed by atoms with E-state index in [1.54, 1.807) is 13.3 Å². The summed E-state index contributed by atoms with van der Waals surface area (Å²) in [5, 5.41) is 4.46. The summed E-state index contributed by atoms with van der Waals surface area (Å²) in [6.07, 6.45) is 7.62. The Morgan fingerprint density at radius 3 is 2.71 bits per heavy atom. The third kappa shape index (κ3) is 3.86. The van der Waals surface area contributed by atoms with Crippen molar-refractivity contribution >= 4 is 29.2 Å². The lowest BCUT2D eigenvalue weighted by atomic mass is 9.76. The Balaban J connectivity index is 1.39. The molecule has 1 N–H and O–H groups in total. The molecule has 0 amide bonds. The van der Waals surface area contributed by atoms with Crippen LogP contribution in [-0.2, 0) is 0 Å². The molecule has 2 aliphatic rings. The Morgan fingerprint density at radius 2 is 1.90 bits per heavy atom. The van der Waals surface area contributed by atoms with Crippen molar-refractivity contribution in [1.82, 2.24) is 0 Å². The van der Waals surface area contributed by atoms with E-state index >= 15 is 0 Å². The van der Waals surface area contributed by atoms with Crippen molar-refractivity contribution in [2.75, 3.05) is 12.4 Å². The van der Waals surface area contributed by atoms with E-state index in [4.69, 9.17) is 16.3 Å². The van der Waals surface area contributed by atoms with E-state index in [2.05, 4.69) is 71.8 Å². The molecule has 1 aliphatic heterocycles. The number of ether oxygens (including phenoxy) is 1. The summed E-state index contributed by atoms with van der Waals surface area (Å²) in [6.45, 7) is 2.16. The first-order valence-corrected chi connectivity index (χ1v) is 11.0. The maximum atomic E-state index is 6.12. The van der Waals surface area contributed by atoms with Crippen LogP contribution >= 0.6 is 11.6 Å². The average molecular weight is 429 g/mol. The molecule has 3 nitrogen and oxygen atoms in total. The summed E-state index contributed by atoms with van der Waals surface area (Å²) in [6, 6.07) is 21.1. The molecule has 1 aliphatic carbocycles. The monoisotopic (exact) mass is 428 g/mol. The maximum absolute atomic E-state index is 6.12. The van der Waals surface area contributed by atoms with Crippen LogP contribution in [0.5, 0.6) is 5.75 Å². The molecule has 3 aromatic rings. The molecule has 0 fully saturated rings. The van der Waals surface area contributed by atoms with Crippen LogP contribution in [0.25, 0.3) is 0 Å². The van der Waals surface area contributed by atoms with Crippen molar-refractivity contribution in [2.24, 2.45) is 10.9 Å². The van der Waals surface area contributed by atoms with Gasteiger partial charge in [0.2, 0.25) is 0 Å². The molecule has 31 heavy (non-hydrogen) atoms. The fraction of sp³-hybridized carbons (Fsp3) is 0.222. The van der Waals surface area contributed by atoms with Crippen LogP contribution in [0.2, 0.25) is 5.02 Å². The number of benzene rings is 3. The van der Waals surface area contributed by atoms with E-state index < -0.39 is 0 Å². The highest BCUT2D eigenvalue weighted by atomic mass is 35.5. The van der Waals surface area contributed by atoms with Crippen molar-refractivity contribution < 1.29 is 4.74 Å². The van der Waals surface area contributed by atoms with E-state index in [9.17, 15) is 0 Å². The SMILES string of the molecule is COc1ccc(Cl)cc1C=Nc1ccc([C@@H]2Nc3ccc(C)cc3[C@@H]3C=CC[C@H]32)cc1. The third-order valence-corrected chi connectivity index (χ3v) is 6.55.